The second kappa shape index (κ2) is 36.4. The van der Waals surface area contributed by atoms with E-state index in [1.165, 1.54) is 0 Å². The summed E-state index contributed by atoms with van der Waals surface area (Å²) in [5, 5.41) is 0. The van der Waals surface area contributed by atoms with Crippen LogP contribution >= 0.6 is 0 Å². The van der Waals surface area contributed by atoms with Gasteiger partial charge in [0.05, 0.1) is 0 Å². The summed E-state index contributed by atoms with van der Waals surface area (Å²) >= 11 is 0. The molecule has 0 amide bonds. The first-order valence-corrected chi connectivity index (χ1v) is 5.18. The van der Waals surface area contributed by atoms with Crippen LogP contribution in [0.5, 0.6) is 0 Å². The Morgan fingerprint density at radius 3 is 1.27 bits per heavy atom. The Labute approximate surface area is 131 Å². The Bertz CT molecular complexity index is 89.2. The Morgan fingerprint density at radius 2 is 1.20 bits per heavy atom. The molecule has 1 aliphatic carbocycles. The standard InChI is InChI=1S/C5H5.3C3H7.Nd/c1-2-4-5-3-1;3*1-3-2;/h1-3H,4H2;3*3H,1-2H3;/q4*-1;. The molecule has 0 N–H and O–H groups in total. The minimum Gasteiger partial charge on any atom is -0.335 e. The van der Waals surface area contributed by atoms with E-state index in [1.54, 1.807) is 0 Å². The SMILES string of the molecule is C[CH-]C.C[CH-]C.C[CH-]C.[C-]1=CC=CC1.[Nd]. The molecule has 15 heavy (non-hydrogen) atoms. The van der Waals surface area contributed by atoms with Gasteiger partial charge in [-0.1, -0.05) is 0 Å². The molecule has 0 unspecified atom stereocenters. The molecule has 0 nitrogen and oxygen atoms in total. The van der Waals surface area contributed by atoms with Crippen LogP contribution in [0, 0.1) is 66.2 Å². The first-order chi connectivity index (χ1) is 6.74. The molecule has 0 heterocycles. The minimum atomic E-state index is 0. The van der Waals surface area contributed by atoms with E-state index in [9.17, 15) is 0 Å². The van der Waals surface area contributed by atoms with Crippen LogP contribution < -0.4 is 0 Å². The molecule has 1 rings (SSSR count). The maximum absolute atomic E-state index is 2.99. The van der Waals surface area contributed by atoms with Crippen LogP contribution in [0.2, 0.25) is 0 Å². The van der Waals surface area contributed by atoms with Gasteiger partial charge in [0, 0.05) is 40.8 Å². The molecule has 1 aliphatic rings. The van der Waals surface area contributed by atoms with Crippen molar-refractivity contribution in [3.8, 4) is 0 Å². The second-order valence-corrected chi connectivity index (χ2v) is 2.74. The molecular formula is C14H26Nd-4. The molecule has 0 aromatic rings. The predicted molar refractivity (Wildman–Crippen MR) is 68.5 cm³/mol. The monoisotopic (exact) mass is 336 g/mol. The van der Waals surface area contributed by atoms with Gasteiger partial charge in [-0.2, -0.15) is 47.6 Å². The molecular weight excluding hydrogens is 312 g/mol. The van der Waals surface area contributed by atoms with Crippen molar-refractivity contribution in [2.24, 2.45) is 0 Å². The Morgan fingerprint density at radius 1 is 0.867 bits per heavy atom. The van der Waals surface area contributed by atoms with Crippen molar-refractivity contribution in [2.75, 3.05) is 0 Å². The normalized spacial score (nSPS) is 9.47. The fraction of sp³-hybridized carbons (Fsp3) is 0.500. The second-order valence-electron chi connectivity index (χ2n) is 2.74. The van der Waals surface area contributed by atoms with Gasteiger partial charge < -0.3 is 19.3 Å². The largest absolute Gasteiger partial charge is 0.335 e. The summed E-state index contributed by atoms with van der Waals surface area (Å²) in [7, 11) is 0. The number of rotatable bonds is 0. The summed E-state index contributed by atoms with van der Waals surface area (Å²) in [6, 6.07) is 0. The van der Waals surface area contributed by atoms with Crippen molar-refractivity contribution in [1.29, 1.82) is 0 Å². The van der Waals surface area contributed by atoms with Crippen molar-refractivity contribution >= 4 is 0 Å². The van der Waals surface area contributed by atoms with E-state index in [-0.39, 0.29) is 40.8 Å². The van der Waals surface area contributed by atoms with Crippen LogP contribution in [0.3, 0.4) is 0 Å². The van der Waals surface area contributed by atoms with Crippen LogP contribution in [-0.2, 0) is 0 Å². The topological polar surface area (TPSA) is 0 Å². The van der Waals surface area contributed by atoms with Gasteiger partial charge in [-0.25, -0.2) is 12.2 Å². The van der Waals surface area contributed by atoms with Crippen LogP contribution in [0.15, 0.2) is 18.2 Å². The molecule has 0 fully saturated rings. The molecule has 0 bridgehead atoms. The van der Waals surface area contributed by atoms with Gasteiger partial charge in [-0.3, -0.25) is 6.08 Å². The van der Waals surface area contributed by atoms with E-state index in [0.717, 1.165) is 6.42 Å². The van der Waals surface area contributed by atoms with E-state index < -0.39 is 0 Å². The quantitative estimate of drug-likeness (QED) is 0.545. The smallest absolute Gasteiger partial charge is 0 e. The first kappa shape index (κ1) is 24.9. The minimum absolute atomic E-state index is 0. The summed E-state index contributed by atoms with van der Waals surface area (Å²) in [5.74, 6) is 0. The molecule has 0 saturated carbocycles. The van der Waals surface area contributed by atoms with E-state index >= 15 is 0 Å². The van der Waals surface area contributed by atoms with Gasteiger partial charge >= 0.3 is 0 Å². The van der Waals surface area contributed by atoms with Gasteiger partial charge in [0.25, 0.3) is 0 Å². The third-order valence-electron chi connectivity index (χ3n) is 0.586. The molecule has 0 spiro atoms. The molecule has 0 atom stereocenters. The van der Waals surface area contributed by atoms with Gasteiger partial charge in [0.15, 0.2) is 0 Å². The fourth-order valence-electron chi connectivity index (χ4n) is 0.340. The zero-order valence-corrected chi connectivity index (χ0v) is 14.4. The Kier molecular flexibility index (Phi) is 60.3. The maximum atomic E-state index is 2.99. The van der Waals surface area contributed by atoms with E-state index in [0.29, 0.717) is 0 Å². The van der Waals surface area contributed by atoms with Gasteiger partial charge in [-0.15, -0.1) is 6.42 Å². The van der Waals surface area contributed by atoms with Gasteiger partial charge in [0.1, 0.15) is 0 Å². The maximum Gasteiger partial charge on any atom is 0 e. The average molecular weight is 339 g/mol. The summed E-state index contributed by atoms with van der Waals surface area (Å²) in [5.41, 5.74) is 0. The number of hydrogen-bond acceptors (Lipinski definition) is 0. The van der Waals surface area contributed by atoms with Crippen LogP contribution in [-0.4, -0.2) is 0 Å². The Hall–Kier alpha value is 0.831. The van der Waals surface area contributed by atoms with Gasteiger partial charge in [0.2, 0.25) is 0 Å². The molecule has 90 valence electrons. The molecule has 1 heteroatoms. The predicted octanol–water partition coefficient (Wildman–Crippen LogP) is 5.00. The van der Waals surface area contributed by atoms with Crippen molar-refractivity contribution in [3.63, 3.8) is 0 Å². The van der Waals surface area contributed by atoms with E-state index in [1.807, 2.05) is 73.0 Å². The zero-order valence-electron chi connectivity index (χ0n) is 11.2. The fourth-order valence-corrected chi connectivity index (χ4v) is 0.340. The molecule has 0 aromatic heterocycles. The number of allylic oxidation sites excluding steroid dienone is 4. The van der Waals surface area contributed by atoms with Crippen molar-refractivity contribution in [3.05, 3.63) is 43.6 Å². The van der Waals surface area contributed by atoms with Crippen molar-refractivity contribution < 1.29 is 40.8 Å². The van der Waals surface area contributed by atoms with E-state index in [2.05, 4.69) is 12.2 Å². The summed E-state index contributed by atoms with van der Waals surface area (Å²) in [6.07, 6.45) is 16.0. The van der Waals surface area contributed by atoms with Gasteiger partial charge in [-0.05, 0) is 0 Å². The van der Waals surface area contributed by atoms with Crippen LogP contribution in [0.4, 0.5) is 0 Å². The van der Waals surface area contributed by atoms with Crippen LogP contribution in [0.1, 0.15) is 48.0 Å². The third-order valence-corrected chi connectivity index (χ3v) is 0.586. The molecule has 0 aromatic carbocycles. The summed E-state index contributed by atoms with van der Waals surface area (Å²) in [4.78, 5) is 0. The van der Waals surface area contributed by atoms with Crippen molar-refractivity contribution in [2.45, 2.75) is 48.0 Å². The third kappa shape index (κ3) is 71.8. The zero-order chi connectivity index (χ0) is 11.7. The average Bonchev–Trinajstić information content (AvgIpc) is 2.63. The van der Waals surface area contributed by atoms with Crippen molar-refractivity contribution in [1.82, 2.24) is 0 Å². The number of hydrogen-bond donors (Lipinski definition) is 0. The Balaban J connectivity index is -0.0000000550. The molecule has 0 saturated heterocycles. The first-order valence-electron chi connectivity index (χ1n) is 5.18. The molecule has 0 aliphatic heterocycles. The molecule has 0 radical (unpaired) electrons. The summed E-state index contributed by atoms with van der Waals surface area (Å²) < 4.78 is 0. The van der Waals surface area contributed by atoms with Crippen LogP contribution in [0.25, 0.3) is 0 Å². The van der Waals surface area contributed by atoms with E-state index in [4.69, 9.17) is 0 Å². The summed E-state index contributed by atoms with van der Waals surface area (Å²) in [6.45, 7) is 12.0.